The number of carbonyl (C=O) groups is 1. The lowest BCUT2D eigenvalue weighted by Gasteiger charge is -2.19. The van der Waals surface area contributed by atoms with Gasteiger partial charge in [-0.05, 0) is 32.6 Å². The van der Waals surface area contributed by atoms with Gasteiger partial charge in [0, 0.05) is 11.4 Å². The van der Waals surface area contributed by atoms with E-state index in [9.17, 15) is 4.79 Å². The van der Waals surface area contributed by atoms with Gasteiger partial charge in [-0.15, -0.1) is 11.3 Å². The molecular formula is C16H26N2O2S. The Balaban J connectivity index is 1.93. The zero-order chi connectivity index (χ0) is 15.1. The number of nitrogens with zero attached hydrogens (tertiary/aromatic N) is 1. The first-order chi connectivity index (χ1) is 10.3. The Morgan fingerprint density at radius 2 is 2.24 bits per heavy atom. The van der Waals surface area contributed by atoms with Crippen molar-refractivity contribution in [2.75, 3.05) is 18.5 Å². The molecule has 118 valence electrons. The van der Waals surface area contributed by atoms with Gasteiger partial charge in [-0.25, -0.2) is 4.98 Å². The van der Waals surface area contributed by atoms with Crippen LogP contribution in [0.5, 0.6) is 0 Å². The fourth-order valence-corrected chi connectivity index (χ4v) is 3.80. The highest BCUT2D eigenvalue weighted by Gasteiger charge is 2.31. The van der Waals surface area contributed by atoms with Gasteiger partial charge in [-0.1, -0.05) is 26.2 Å². The smallest absolute Gasteiger partial charge is 0.315 e. The van der Waals surface area contributed by atoms with Crippen LogP contribution in [0.2, 0.25) is 0 Å². The van der Waals surface area contributed by atoms with Crippen LogP contribution in [0.1, 0.15) is 68.9 Å². The molecule has 4 nitrogen and oxygen atoms in total. The summed E-state index contributed by atoms with van der Waals surface area (Å²) in [6, 6.07) is 0. The number of anilines is 1. The van der Waals surface area contributed by atoms with Crippen molar-refractivity contribution in [2.45, 2.75) is 64.7 Å². The molecular weight excluding hydrogens is 284 g/mol. The van der Waals surface area contributed by atoms with Gasteiger partial charge in [0.15, 0.2) is 5.13 Å². The summed E-state index contributed by atoms with van der Waals surface area (Å²) in [5.41, 5.74) is 0.959. The second kappa shape index (κ2) is 8.37. The van der Waals surface area contributed by atoms with Crippen LogP contribution in [0, 0.1) is 0 Å². The molecule has 0 bridgehead atoms. The van der Waals surface area contributed by atoms with Gasteiger partial charge in [-0.3, -0.25) is 4.79 Å². The highest BCUT2D eigenvalue weighted by molar-refractivity contribution is 7.15. The summed E-state index contributed by atoms with van der Waals surface area (Å²) in [6.07, 6.45) is 7.95. The van der Waals surface area contributed by atoms with Crippen molar-refractivity contribution < 1.29 is 9.53 Å². The summed E-state index contributed by atoms with van der Waals surface area (Å²) in [5, 5.41) is 4.37. The van der Waals surface area contributed by atoms with Gasteiger partial charge in [0.25, 0.3) is 0 Å². The summed E-state index contributed by atoms with van der Waals surface area (Å²) in [7, 11) is 0. The largest absolute Gasteiger partial charge is 0.465 e. The van der Waals surface area contributed by atoms with E-state index in [1.54, 1.807) is 11.3 Å². The minimum Gasteiger partial charge on any atom is -0.465 e. The number of nitrogens with one attached hydrogen (secondary N) is 1. The molecule has 0 amide bonds. The van der Waals surface area contributed by atoms with Gasteiger partial charge < -0.3 is 10.1 Å². The Morgan fingerprint density at radius 1 is 1.38 bits per heavy atom. The summed E-state index contributed by atoms with van der Waals surface area (Å²) < 4.78 is 5.18. The maximum absolute atomic E-state index is 12.0. The molecule has 1 aromatic rings. The van der Waals surface area contributed by atoms with E-state index in [0.717, 1.165) is 36.6 Å². The minimum atomic E-state index is -0.152. The maximum atomic E-state index is 12.0. The molecule has 1 aromatic heterocycles. The molecule has 0 saturated carbocycles. The van der Waals surface area contributed by atoms with Crippen LogP contribution in [0.3, 0.4) is 0 Å². The lowest BCUT2D eigenvalue weighted by molar-refractivity contribution is -0.145. The number of ether oxygens (including phenoxy) is 1. The van der Waals surface area contributed by atoms with Gasteiger partial charge >= 0.3 is 5.97 Å². The maximum Gasteiger partial charge on any atom is 0.315 e. The van der Waals surface area contributed by atoms with Crippen LogP contribution in [-0.4, -0.2) is 24.1 Å². The predicted molar refractivity (Wildman–Crippen MR) is 87.1 cm³/mol. The third kappa shape index (κ3) is 4.43. The summed E-state index contributed by atoms with van der Waals surface area (Å²) >= 11 is 1.71. The Hall–Kier alpha value is -1.10. The number of hydrogen-bond acceptors (Lipinski definition) is 5. The number of hydrogen-bond donors (Lipinski definition) is 1. The number of unbranched alkanes of at least 4 members (excludes halogenated alkanes) is 3. The second-order valence-corrected chi connectivity index (χ2v) is 6.60. The normalized spacial score (nSPS) is 17.3. The van der Waals surface area contributed by atoms with Crippen molar-refractivity contribution in [1.29, 1.82) is 0 Å². The highest BCUT2D eigenvalue weighted by atomic mass is 32.1. The molecule has 2 rings (SSSR count). The minimum absolute atomic E-state index is 0.113. The zero-order valence-electron chi connectivity index (χ0n) is 13.1. The molecule has 5 heteroatoms. The molecule has 1 aliphatic rings. The average Bonchev–Trinajstić information content (AvgIpc) is 2.89. The van der Waals surface area contributed by atoms with Crippen molar-refractivity contribution in [2.24, 2.45) is 0 Å². The van der Waals surface area contributed by atoms with E-state index in [-0.39, 0.29) is 11.9 Å². The molecule has 0 saturated heterocycles. The van der Waals surface area contributed by atoms with E-state index in [0.29, 0.717) is 6.61 Å². The Kier molecular flexibility index (Phi) is 6.49. The van der Waals surface area contributed by atoms with Gasteiger partial charge in [0.2, 0.25) is 0 Å². The fraction of sp³-hybridized carbons (Fsp3) is 0.750. The first-order valence-electron chi connectivity index (χ1n) is 8.16. The van der Waals surface area contributed by atoms with E-state index in [1.807, 2.05) is 6.92 Å². The van der Waals surface area contributed by atoms with Crippen molar-refractivity contribution in [3.63, 3.8) is 0 Å². The number of aryl methyl sites for hydroxylation is 1. The number of fused-ring (bicyclic) bond motifs is 1. The van der Waals surface area contributed by atoms with E-state index in [2.05, 4.69) is 17.2 Å². The molecule has 1 aliphatic carbocycles. The van der Waals surface area contributed by atoms with Gasteiger partial charge in [-0.2, -0.15) is 0 Å². The monoisotopic (exact) mass is 310 g/mol. The molecule has 1 unspecified atom stereocenters. The van der Waals surface area contributed by atoms with Crippen molar-refractivity contribution in [3.8, 4) is 0 Å². The van der Waals surface area contributed by atoms with E-state index >= 15 is 0 Å². The standard InChI is InChI=1S/C16H26N2O2S/c1-3-5-6-7-11-17-16-18-14-12(15(19)20-4-2)9-8-10-13(14)21-16/h12H,3-11H2,1-2H3,(H,17,18). The SMILES string of the molecule is CCCCCCNc1nc2c(s1)CCCC2C(=O)OCC. The van der Waals surface area contributed by atoms with Crippen LogP contribution >= 0.6 is 11.3 Å². The number of aromatic nitrogens is 1. The van der Waals surface area contributed by atoms with Crippen LogP contribution in [0.25, 0.3) is 0 Å². The zero-order valence-corrected chi connectivity index (χ0v) is 13.9. The van der Waals surface area contributed by atoms with Crippen molar-refractivity contribution >= 4 is 22.4 Å². The Labute approximate surface area is 131 Å². The molecule has 0 aromatic carbocycles. The summed E-state index contributed by atoms with van der Waals surface area (Å²) in [5.74, 6) is -0.265. The van der Waals surface area contributed by atoms with Crippen LogP contribution in [0.4, 0.5) is 5.13 Å². The molecule has 0 fully saturated rings. The lowest BCUT2D eigenvalue weighted by atomic mass is 9.91. The van der Waals surface area contributed by atoms with Crippen molar-refractivity contribution in [1.82, 2.24) is 4.98 Å². The molecule has 1 heterocycles. The van der Waals surface area contributed by atoms with Crippen LogP contribution in [0.15, 0.2) is 0 Å². The molecule has 21 heavy (non-hydrogen) atoms. The summed E-state index contributed by atoms with van der Waals surface area (Å²) in [6.45, 7) is 5.48. The lowest BCUT2D eigenvalue weighted by Crippen LogP contribution is -2.20. The third-order valence-electron chi connectivity index (χ3n) is 3.83. The molecule has 0 aliphatic heterocycles. The van der Waals surface area contributed by atoms with Gasteiger partial charge in [0.1, 0.15) is 5.92 Å². The molecule has 0 spiro atoms. The van der Waals surface area contributed by atoms with E-state index in [1.165, 1.54) is 30.6 Å². The van der Waals surface area contributed by atoms with Crippen molar-refractivity contribution in [3.05, 3.63) is 10.6 Å². The topological polar surface area (TPSA) is 51.2 Å². The number of carbonyl (C=O) groups excluding carboxylic acids is 1. The number of rotatable bonds is 8. The molecule has 1 N–H and O–H groups in total. The second-order valence-electron chi connectivity index (χ2n) is 5.51. The van der Waals surface area contributed by atoms with E-state index < -0.39 is 0 Å². The number of esters is 1. The van der Waals surface area contributed by atoms with Crippen LogP contribution < -0.4 is 5.32 Å². The predicted octanol–water partition coefficient (Wildman–Crippen LogP) is 4.12. The first-order valence-corrected chi connectivity index (χ1v) is 8.98. The molecule has 1 atom stereocenters. The quantitative estimate of drug-likeness (QED) is 0.579. The highest BCUT2D eigenvalue weighted by Crippen LogP contribution is 2.37. The molecule has 0 radical (unpaired) electrons. The average molecular weight is 310 g/mol. The third-order valence-corrected chi connectivity index (χ3v) is 4.92. The Bertz CT molecular complexity index is 459. The van der Waals surface area contributed by atoms with Crippen LogP contribution in [-0.2, 0) is 16.0 Å². The Morgan fingerprint density at radius 3 is 3.00 bits per heavy atom. The summed E-state index contributed by atoms with van der Waals surface area (Å²) in [4.78, 5) is 17.9. The van der Waals surface area contributed by atoms with Gasteiger partial charge in [0.05, 0.1) is 12.3 Å². The first kappa shape index (κ1) is 16.3. The fourth-order valence-electron chi connectivity index (χ4n) is 2.71. The number of thiazole rings is 1. The van der Waals surface area contributed by atoms with E-state index in [4.69, 9.17) is 4.74 Å².